The summed E-state index contributed by atoms with van der Waals surface area (Å²) in [5.74, 6) is -2.08. The molecule has 150 valence electrons. The molecule has 2 atom stereocenters. The second-order valence-electron chi connectivity index (χ2n) is 7.97. The van der Waals surface area contributed by atoms with Crippen molar-refractivity contribution in [3.63, 3.8) is 0 Å². The van der Waals surface area contributed by atoms with Gasteiger partial charge in [-0.25, -0.2) is 14.5 Å². The minimum Gasteiger partial charge on any atom is -0.480 e. The molecule has 0 spiro atoms. The average Bonchev–Trinajstić information content (AvgIpc) is 2.52. The molecule has 0 fully saturated rings. The molecule has 0 aromatic heterocycles. The number of ether oxygens (including phenoxy) is 1. The van der Waals surface area contributed by atoms with Gasteiger partial charge in [0.05, 0.1) is 6.04 Å². The number of rotatable bonds is 7. The molecule has 0 radical (unpaired) electrons. The average molecular weight is 378 g/mol. The molecule has 1 aromatic carbocycles. The summed E-state index contributed by atoms with van der Waals surface area (Å²) in [7, 11) is 0. The van der Waals surface area contributed by atoms with Gasteiger partial charge in [-0.3, -0.25) is 4.79 Å². The number of nitrogens with two attached hydrogens (primary N) is 1. The van der Waals surface area contributed by atoms with Crippen molar-refractivity contribution in [3.8, 4) is 0 Å². The molecule has 0 aliphatic carbocycles. The maximum absolute atomic E-state index is 12.9. The molecule has 0 saturated heterocycles. The van der Waals surface area contributed by atoms with Crippen LogP contribution in [0.3, 0.4) is 0 Å². The number of nitrogens with zero attached hydrogens (tertiary/aromatic N) is 1. The molecule has 1 rings (SSSR count). The van der Waals surface area contributed by atoms with E-state index in [1.54, 1.807) is 20.8 Å². The number of imide groups is 1. The van der Waals surface area contributed by atoms with Gasteiger partial charge in [0.1, 0.15) is 11.6 Å². The van der Waals surface area contributed by atoms with Crippen molar-refractivity contribution in [1.29, 1.82) is 0 Å². The van der Waals surface area contributed by atoms with E-state index in [1.807, 2.05) is 44.2 Å². The van der Waals surface area contributed by atoms with Crippen LogP contribution in [0.2, 0.25) is 0 Å². The van der Waals surface area contributed by atoms with Crippen LogP contribution in [-0.2, 0) is 20.7 Å². The number of amides is 2. The first-order chi connectivity index (χ1) is 12.4. The summed E-state index contributed by atoms with van der Waals surface area (Å²) in [4.78, 5) is 38.0. The molecule has 0 saturated carbocycles. The fourth-order valence-electron chi connectivity index (χ4n) is 2.58. The first kappa shape index (κ1) is 22.6. The summed E-state index contributed by atoms with van der Waals surface area (Å²) in [5.41, 5.74) is 5.97. The maximum atomic E-state index is 12.9. The van der Waals surface area contributed by atoms with Crippen molar-refractivity contribution in [3.05, 3.63) is 35.9 Å². The van der Waals surface area contributed by atoms with E-state index < -0.39 is 35.7 Å². The van der Waals surface area contributed by atoms with E-state index >= 15 is 0 Å². The van der Waals surface area contributed by atoms with Gasteiger partial charge < -0.3 is 15.6 Å². The van der Waals surface area contributed by atoms with Gasteiger partial charge in [-0.05, 0) is 45.1 Å². The van der Waals surface area contributed by atoms with Gasteiger partial charge in [-0.2, -0.15) is 0 Å². The minimum atomic E-state index is -1.34. The highest BCUT2D eigenvalue weighted by Gasteiger charge is 2.39. The third kappa shape index (κ3) is 7.38. The van der Waals surface area contributed by atoms with E-state index in [4.69, 9.17) is 10.5 Å². The normalized spacial score (nSPS) is 13.7. The van der Waals surface area contributed by atoms with Crippen LogP contribution in [0.1, 0.15) is 46.6 Å². The number of carboxylic acids is 1. The summed E-state index contributed by atoms with van der Waals surface area (Å²) in [6, 6.07) is 6.70. The van der Waals surface area contributed by atoms with Gasteiger partial charge in [0.15, 0.2) is 0 Å². The highest BCUT2D eigenvalue weighted by atomic mass is 16.6. The van der Waals surface area contributed by atoms with E-state index in [0.717, 1.165) is 5.56 Å². The van der Waals surface area contributed by atoms with Crippen LogP contribution in [0.5, 0.6) is 0 Å². The molecule has 7 nitrogen and oxygen atoms in total. The molecule has 0 aliphatic heterocycles. The van der Waals surface area contributed by atoms with Crippen molar-refractivity contribution in [2.75, 3.05) is 0 Å². The largest absolute Gasteiger partial charge is 0.480 e. The fraction of sp³-hybridized carbons (Fsp3) is 0.550. The Balaban J connectivity index is 3.15. The maximum Gasteiger partial charge on any atom is 0.417 e. The number of carbonyl (C=O) groups is 3. The van der Waals surface area contributed by atoms with Crippen LogP contribution in [0.4, 0.5) is 4.79 Å². The second kappa shape index (κ2) is 9.50. The number of carboxylic acid groups (broad SMARTS) is 1. The van der Waals surface area contributed by atoms with Crippen molar-refractivity contribution < 1.29 is 24.2 Å². The van der Waals surface area contributed by atoms with Crippen molar-refractivity contribution >= 4 is 18.0 Å². The topological polar surface area (TPSA) is 110 Å². The third-order valence-corrected chi connectivity index (χ3v) is 3.73. The Morgan fingerprint density at radius 1 is 1.15 bits per heavy atom. The van der Waals surface area contributed by atoms with Crippen LogP contribution < -0.4 is 5.73 Å². The monoisotopic (exact) mass is 378 g/mol. The number of aliphatic carboxylic acids is 1. The summed E-state index contributed by atoms with van der Waals surface area (Å²) in [5, 5.41) is 9.62. The van der Waals surface area contributed by atoms with E-state index in [9.17, 15) is 19.5 Å². The lowest BCUT2D eigenvalue weighted by molar-refractivity contribution is -0.150. The molecule has 27 heavy (non-hydrogen) atoms. The molecule has 2 unspecified atom stereocenters. The molecule has 2 amide bonds. The fourth-order valence-corrected chi connectivity index (χ4v) is 2.58. The Morgan fingerprint density at radius 2 is 1.70 bits per heavy atom. The van der Waals surface area contributed by atoms with Crippen molar-refractivity contribution in [2.24, 2.45) is 11.7 Å². The van der Waals surface area contributed by atoms with Crippen molar-refractivity contribution in [2.45, 2.75) is 65.1 Å². The molecule has 0 bridgehead atoms. The predicted octanol–water partition coefficient (Wildman–Crippen LogP) is 2.82. The molecular weight excluding hydrogens is 348 g/mol. The zero-order valence-electron chi connectivity index (χ0n) is 16.6. The van der Waals surface area contributed by atoms with Gasteiger partial charge in [0, 0.05) is 0 Å². The van der Waals surface area contributed by atoms with E-state index in [0.29, 0.717) is 4.90 Å². The third-order valence-electron chi connectivity index (χ3n) is 3.73. The quantitative estimate of drug-likeness (QED) is 0.755. The molecule has 7 heteroatoms. The second-order valence-corrected chi connectivity index (χ2v) is 7.97. The zero-order valence-corrected chi connectivity index (χ0v) is 16.6. The highest BCUT2D eigenvalue weighted by molar-refractivity contribution is 5.99. The Morgan fingerprint density at radius 3 is 2.15 bits per heavy atom. The Bertz CT molecular complexity index is 652. The van der Waals surface area contributed by atoms with Gasteiger partial charge >= 0.3 is 12.1 Å². The lowest BCUT2D eigenvalue weighted by atomic mass is 10.0. The molecule has 0 aliphatic rings. The predicted molar refractivity (Wildman–Crippen MR) is 102 cm³/mol. The SMILES string of the molecule is CC(C)CC(C(=O)O)N(C(=O)OC(C)(C)C)C(=O)C(N)Cc1ccccc1. The molecule has 1 aromatic rings. The Kier molecular flexibility index (Phi) is 7.97. The molecule has 0 heterocycles. The van der Waals surface area contributed by atoms with Gasteiger partial charge in [0.25, 0.3) is 0 Å². The number of hydrogen-bond acceptors (Lipinski definition) is 5. The number of carbonyl (C=O) groups excluding carboxylic acids is 2. The summed E-state index contributed by atoms with van der Waals surface area (Å²) in [6.45, 7) is 8.58. The summed E-state index contributed by atoms with van der Waals surface area (Å²) < 4.78 is 5.28. The zero-order chi connectivity index (χ0) is 20.8. The Labute approximate surface area is 160 Å². The van der Waals surface area contributed by atoms with E-state index in [1.165, 1.54) is 0 Å². The van der Waals surface area contributed by atoms with Gasteiger partial charge in [-0.1, -0.05) is 44.2 Å². The van der Waals surface area contributed by atoms with E-state index in [2.05, 4.69) is 0 Å². The molecular formula is C20H30N2O5. The van der Waals surface area contributed by atoms with Crippen LogP contribution in [0.15, 0.2) is 30.3 Å². The minimum absolute atomic E-state index is 0.0471. The van der Waals surface area contributed by atoms with Crippen molar-refractivity contribution in [1.82, 2.24) is 4.90 Å². The lowest BCUT2D eigenvalue weighted by Gasteiger charge is -2.32. The Hall–Kier alpha value is -2.41. The smallest absolute Gasteiger partial charge is 0.417 e. The van der Waals surface area contributed by atoms with Crippen LogP contribution in [0.25, 0.3) is 0 Å². The first-order valence-electron chi connectivity index (χ1n) is 9.00. The van der Waals surface area contributed by atoms with Gasteiger partial charge in [-0.15, -0.1) is 0 Å². The summed E-state index contributed by atoms with van der Waals surface area (Å²) in [6.07, 6.45) is -0.699. The summed E-state index contributed by atoms with van der Waals surface area (Å²) >= 11 is 0. The van der Waals surface area contributed by atoms with E-state index in [-0.39, 0.29) is 18.8 Å². The van der Waals surface area contributed by atoms with Crippen LogP contribution in [0, 0.1) is 5.92 Å². The number of benzene rings is 1. The first-order valence-corrected chi connectivity index (χ1v) is 9.00. The number of hydrogen-bond donors (Lipinski definition) is 2. The molecule has 3 N–H and O–H groups in total. The van der Waals surface area contributed by atoms with Gasteiger partial charge in [0.2, 0.25) is 5.91 Å². The lowest BCUT2D eigenvalue weighted by Crippen LogP contribution is -2.56. The highest BCUT2D eigenvalue weighted by Crippen LogP contribution is 2.19. The standard InChI is InChI=1S/C20H30N2O5/c1-13(2)11-16(18(24)25)22(19(26)27-20(3,4)5)17(23)15(21)12-14-9-7-6-8-10-14/h6-10,13,15-16H,11-12,21H2,1-5H3,(H,24,25). The van der Waals surface area contributed by atoms with Crippen LogP contribution in [-0.4, -0.2) is 45.7 Å². The van der Waals surface area contributed by atoms with Crippen LogP contribution >= 0.6 is 0 Å².